The number of halogens is 4. The summed E-state index contributed by atoms with van der Waals surface area (Å²) < 4.78 is 67.3. The molecule has 0 radical (unpaired) electrons. The van der Waals surface area contributed by atoms with Crippen molar-refractivity contribution in [1.29, 1.82) is 0 Å². The van der Waals surface area contributed by atoms with E-state index >= 15 is 0 Å². The van der Waals surface area contributed by atoms with Crippen LogP contribution in [-0.4, -0.2) is 31.0 Å². The van der Waals surface area contributed by atoms with Crippen LogP contribution in [0.25, 0.3) is 0 Å². The van der Waals surface area contributed by atoms with Crippen LogP contribution in [-0.2, 0) is 20.8 Å². The molecule has 3 rings (SSSR count). The minimum absolute atomic E-state index is 0.0142. The molecule has 1 aromatic carbocycles. The van der Waals surface area contributed by atoms with Gasteiger partial charge in [0.15, 0.2) is 9.84 Å². The zero-order valence-electron chi connectivity index (χ0n) is 15.0. The van der Waals surface area contributed by atoms with E-state index in [0.29, 0.717) is 23.6 Å². The number of alkyl halides is 3. The van der Waals surface area contributed by atoms with Crippen LogP contribution in [0.3, 0.4) is 0 Å². The molecule has 2 aromatic rings. The van der Waals surface area contributed by atoms with E-state index < -0.39 is 32.4 Å². The molecule has 1 aliphatic heterocycles. The van der Waals surface area contributed by atoms with E-state index in [-0.39, 0.29) is 9.92 Å². The predicted octanol–water partition coefficient (Wildman–Crippen LogP) is 5.17. The molecule has 1 aromatic heterocycles. The number of pyridine rings is 1. The summed E-state index contributed by atoms with van der Waals surface area (Å²) >= 11 is 7.50. The lowest BCUT2D eigenvalue weighted by atomic mass is 10.0. The predicted molar refractivity (Wildman–Crippen MR) is 101 cm³/mol. The highest BCUT2D eigenvalue weighted by molar-refractivity contribution is 8.00. The van der Waals surface area contributed by atoms with Gasteiger partial charge in [0.25, 0.3) is 0 Å². The Morgan fingerprint density at radius 1 is 1.32 bits per heavy atom. The topological polar surface area (TPSA) is 56.3 Å². The average Bonchev–Trinajstić information content (AvgIpc) is 2.95. The Morgan fingerprint density at radius 2 is 2.04 bits per heavy atom. The molecule has 2 atom stereocenters. The second-order valence-electron chi connectivity index (χ2n) is 6.89. The van der Waals surface area contributed by atoms with Gasteiger partial charge in [-0.3, -0.25) is 4.98 Å². The van der Waals surface area contributed by atoms with E-state index in [1.807, 2.05) is 6.92 Å². The zero-order chi connectivity index (χ0) is 20.7. The van der Waals surface area contributed by atoms with Gasteiger partial charge in [-0.2, -0.15) is 13.2 Å². The van der Waals surface area contributed by atoms with Gasteiger partial charge in [-0.15, -0.1) is 11.8 Å². The maximum absolute atomic E-state index is 12.9. The van der Waals surface area contributed by atoms with Crippen molar-refractivity contribution in [3.05, 3.63) is 52.8 Å². The van der Waals surface area contributed by atoms with Gasteiger partial charge in [-0.25, -0.2) is 8.42 Å². The summed E-state index contributed by atoms with van der Waals surface area (Å²) in [5.41, 5.74) is -0.278. The van der Waals surface area contributed by atoms with E-state index in [2.05, 4.69) is 4.98 Å². The van der Waals surface area contributed by atoms with Gasteiger partial charge in [0, 0.05) is 22.1 Å². The van der Waals surface area contributed by atoms with Gasteiger partial charge < -0.3 is 4.74 Å². The average molecular weight is 452 g/mol. The van der Waals surface area contributed by atoms with Crippen LogP contribution in [0, 0.1) is 0 Å². The van der Waals surface area contributed by atoms with Crippen LogP contribution in [0.5, 0.6) is 0 Å². The van der Waals surface area contributed by atoms with Gasteiger partial charge in [0.05, 0.1) is 27.8 Å². The van der Waals surface area contributed by atoms with Crippen molar-refractivity contribution in [2.24, 2.45) is 0 Å². The van der Waals surface area contributed by atoms with Crippen molar-refractivity contribution in [2.45, 2.75) is 40.2 Å². The summed E-state index contributed by atoms with van der Waals surface area (Å²) in [6.07, 6.45) is -2.10. The molecule has 152 valence electrons. The second kappa shape index (κ2) is 7.51. The molecule has 28 heavy (non-hydrogen) atoms. The Labute approximate surface area is 170 Å². The number of hydrogen-bond acceptors (Lipinski definition) is 5. The Balaban J connectivity index is 1.78. The van der Waals surface area contributed by atoms with Crippen molar-refractivity contribution < 1.29 is 26.3 Å². The van der Waals surface area contributed by atoms with Crippen LogP contribution < -0.4 is 0 Å². The fourth-order valence-corrected chi connectivity index (χ4v) is 5.12. The first-order valence-electron chi connectivity index (χ1n) is 8.21. The number of benzene rings is 1. The fraction of sp³-hybridized carbons (Fsp3) is 0.389. The lowest BCUT2D eigenvalue weighted by Crippen LogP contribution is -2.19. The highest BCUT2D eigenvalue weighted by atomic mass is 35.5. The fourth-order valence-electron chi connectivity index (χ4n) is 2.92. The lowest BCUT2D eigenvalue weighted by molar-refractivity contribution is -0.137. The van der Waals surface area contributed by atoms with Gasteiger partial charge in [-0.05, 0) is 37.6 Å². The quantitative estimate of drug-likeness (QED) is 0.641. The number of aromatic nitrogens is 1. The number of sulfone groups is 1. The molecule has 0 N–H and O–H groups in total. The largest absolute Gasteiger partial charge is 0.416 e. The van der Waals surface area contributed by atoms with Crippen LogP contribution >= 0.6 is 23.4 Å². The molecule has 0 aliphatic carbocycles. The Bertz CT molecular complexity index is 998. The molecule has 0 spiro atoms. The maximum atomic E-state index is 12.9. The van der Waals surface area contributed by atoms with Crippen molar-refractivity contribution in [2.75, 3.05) is 12.9 Å². The summed E-state index contributed by atoms with van der Waals surface area (Å²) in [5, 5.41) is 0.182. The minimum atomic E-state index is -4.40. The van der Waals surface area contributed by atoms with Gasteiger partial charge >= 0.3 is 6.18 Å². The summed E-state index contributed by atoms with van der Waals surface area (Å²) in [4.78, 5) is 4.66. The third-order valence-electron chi connectivity index (χ3n) is 4.31. The van der Waals surface area contributed by atoms with Crippen LogP contribution in [0.1, 0.15) is 30.7 Å². The smallest absolute Gasteiger partial charge is 0.370 e. The van der Waals surface area contributed by atoms with Gasteiger partial charge in [0.1, 0.15) is 6.10 Å². The van der Waals surface area contributed by atoms with E-state index in [4.69, 9.17) is 16.3 Å². The van der Waals surface area contributed by atoms with Crippen LogP contribution in [0.2, 0.25) is 5.02 Å². The zero-order valence-corrected chi connectivity index (χ0v) is 17.3. The van der Waals surface area contributed by atoms with E-state index in [0.717, 1.165) is 18.4 Å². The number of hydrogen-bond donors (Lipinski definition) is 0. The number of nitrogens with zero attached hydrogens (tertiary/aromatic N) is 1. The Morgan fingerprint density at radius 3 is 2.64 bits per heavy atom. The first-order chi connectivity index (χ1) is 12.9. The Hall–Kier alpha value is -1.29. The minimum Gasteiger partial charge on any atom is -0.370 e. The highest BCUT2D eigenvalue weighted by Crippen LogP contribution is 2.47. The molecule has 0 saturated carbocycles. The molecular formula is C18H17ClF3NO3S2. The number of thioether (sulfide) groups is 1. The monoisotopic (exact) mass is 451 g/mol. The number of rotatable bonds is 4. The second-order valence-corrected chi connectivity index (χ2v) is 11.0. The van der Waals surface area contributed by atoms with Gasteiger partial charge in [-0.1, -0.05) is 17.7 Å². The third-order valence-corrected chi connectivity index (χ3v) is 6.96. The SMILES string of the molecule is CC1(Sc2cccc(C(F)(F)F)c2)COC(c2ncc(S(C)(=O)=O)cc2Cl)C1. The molecule has 1 aliphatic rings. The first-order valence-corrected chi connectivity index (χ1v) is 11.3. The van der Waals surface area contributed by atoms with Crippen LogP contribution in [0.4, 0.5) is 13.2 Å². The molecule has 4 nitrogen and oxygen atoms in total. The molecular weight excluding hydrogens is 435 g/mol. The highest BCUT2D eigenvalue weighted by Gasteiger charge is 2.40. The van der Waals surface area contributed by atoms with Crippen LogP contribution in [0.15, 0.2) is 46.3 Å². The van der Waals surface area contributed by atoms with Gasteiger partial charge in [0.2, 0.25) is 0 Å². The van der Waals surface area contributed by atoms with E-state index in [1.165, 1.54) is 30.1 Å². The molecule has 2 heterocycles. The lowest BCUT2D eigenvalue weighted by Gasteiger charge is -2.22. The normalized spacial score (nSPS) is 23.1. The summed E-state index contributed by atoms with van der Waals surface area (Å²) in [6, 6.07) is 6.50. The summed E-state index contributed by atoms with van der Waals surface area (Å²) in [6.45, 7) is 2.20. The Kier molecular flexibility index (Phi) is 5.75. The molecule has 2 unspecified atom stereocenters. The maximum Gasteiger partial charge on any atom is 0.416 e. The van der Waals surface area contributed by atoms with Crippen molar-refractivity contribution in [3.8, 4) is 0 Å². The molecule has 1 fully saturated rings. The molecule has 0 bridgehead atoms. The molecule has 1 saturated heterocycles. The van der Waals surface area contributed by atoms with E-state index in [1.54, 1.807) is 6.07 Å². The van der Waals surface area contributed by atoms with Crippen molar-refractivity contribution in [1.82, 2.24) is 4.98 Å². The first kappa shape index (κ1) is 21.4. The van der Waals surface area contributed by atoms with Crippen molar-refractivity contribution in [3.63, 3.8) is 0 Å². The molecule has 10 heteroatoms. The standard InChI is InChI=1S/C18H17ClF3NO3S2/c1-17(27-12-5-3-4-11(6-12)18(20,21)22)8-15(26-10-17)16-14(19)7-13(9-23-16)28(2,24)25/h3-7,9,15H,8,10H2,1-2H3. The summed E-state index contributed by atoms with van der Waals surface area (Å²) in [7, 11) is -3.43. The third kappa shape index (κ3) is 4.82. The van der Waals surface area contributed by atoms with E-state index in [9.17, 15) is 21.6 Å². The van der Waals surface area contributed by atoms with Crippen molar-refractivity contribution >= 4 is 33.2 Å². The molecule has 0 amide bonds. The number of ether oxygens (including phenoxy) is 1. The summed E-state index contributed by atoms with van der Waals surface area (Å²) in [5.74, 6) is 0.